The SMILES string of the molecule is CC1CCC2C(C=CC3(O)COC(O)(CO)C(=O)C23C)C1. The van der Waals surface area contributed by atoms with Gasteiger partial charge in [0.1, 0.15) is 12.2 Å². The van der Waals surface area contributed by atoms with Crippen molar-refractivity contribution in [2.24, 2.45) is 23.2 Å². The van der Waals surface area contributed by atoms with E-state index in [0.717, 1.165) is 19.3 Å². The molecule has 0 radical (unpaired) electrons. The average Bonchev–Trinajstić information content (AvgIpc) is 2.47. The topological polar surface area (TPSA) is 87.0 Å². The van der Waals surface area contributed by atoms with Crippen LogP contribution >= 0.6 is 0 Å². The van der Waals surface area contributed by atoms with Crippen LogP contribution in [0, 0.1) is 23.2 Å². The van der Waals surface area contributed by atoms with Gasteiger partial charge in [-0.2, -0.15) is 0 Å². The molecular weight excluding hydrogens is 272 g/mol. The summed E-state index contributed by atoms with van der Waals surface area (Å²) >= 11 is 0. The molecule has 1 saturated carbocycles. The highest BCUT2D eigenvalue weighted by Gasteiger charge is 2.67. The first-order valence-corrected chi connectivity index (χ1v) is 7.71. The van der Waals surface area contributed by atoms with Crippen molar-refractivity contribution in [3.05, 3.63) is 12.2 Å². The second-order valence-corrected chi connectivity index (χ2v) is 7.23. The summed E-state index contributed by atoms with van der Waals surface area (Å²) in [7, 11) is 0. The van der Waals surface area contributed by atoms with Crippen LogP contribution < -0.4 is 0 Å². The van der Waals surface area contributed by atoms with Gasteiger partial charge in [-0.15, -0.1) is 0 Å². The van der Waals surface area contributed by atoms with Gasteiger partial charge in [0, 0.05) is 0 Å². The summed E-state index contributed by atoms with van der Waals surface area (Å²) in [5, 5.41) is 30.5. The van der Waals surface area contributed by atoms with E-state index < -0.39 is 29.2 Å². The number of hydrogen-bond acceptors (Lipinski definition) is 5. The molecule has 2 aliphatic carbocycles. The van der Waals surface area contributed by atoms with E-state index in [1.54, 1.807) is 13.0 Å². The van der Waals surface area contributed by atoms with Crippen LogP contribution in [0.4, 0.5) is 0 Å². The first-order valence-electron chi connectivity index (χ1n) is 7.71. The number of aliphatic hydroxyl groups excluding tert-OH is 1. The highest BCUT2D eigenvalue weighted by molar-refractivity contribution is 5.94. The molecule has 5 heteroatoms. The molecule has 3 aliphatic rings. The van der Waals surface area contributed by atoms with Crippen LogP contribution in [0.2, 0.25) is 0 Å². The number of carbonyl (C=O) groups is 1. The zero-order valence-corrected chi connectivity index (χ0v) is 12.6. The fourth-order valence-corrected chi connectivity index (χ4v) is 4.51. The zero-order chi connectivity index (χ0) is 15.5. The quantitative estimate of drug-likeness (QED) is 0.618. The van der Waals surface area contributed by atoms with E-state index in [2.05, 4.69) is 6.92 Å². The lowest BCUT2D eigenvalue weighted by Crippen LogP contribution is -2.71. The van der Waals surface area contributed by atoms with Crippen molar-refractivity contribution in [1.82, 2.24) is 0 Å². The third-order valence-corrected chi connectivity index (χ3v) is 5.99. The molecule has 0 amide bonds. The number of ketones is 1. The first kappa shape index (κ1) is 15.2. The summed E-state index contributed by atoms with van der Waals surface area (Å²) in [6.45, 7) is 2.95. The Morgan fingerprint density at radius 2 is 2.10 bits per heavy atom. The maximum Gasteiger partial charge on any atom is 0.251 e. The minimum absolute atomic E-state index is 0.0295. The molecule has 0 aromatic rings. The lowest BCUT2D eigenvalue weighted by atomic mass is 9.50. The number of rotatable bonds is 1. The summed E-state index contributed by atoms with van der Waals surface area (Å²) in [5.41, 5.74) is -2.53. The third-order valence-electron chi connectivity index (χ3n) is 5.99. The number of Topliss-reactive ketones (excluding diaryl/α,β-unsaturated/α-hetero) is 1. The smallest absolute Gasteiger partial charge is 0.251 e. The summed E-state index contributed by atoms with van der Waals surface area (Å²) in [5.74, 6) is -2.00. The largest absolute Gasteiger partial charge is 0.390 e. The van der Waals surface area contributed by atoms with Gasteiger partial charge in [0.2, 0.25) is 5.78 Å². The third kappa shape index (κ3) is 1.88. The maximum absolute atomic E-state index is 12.8. The molecule has 2 fully saturated rings. The molecule has 1 heterocycles. The van der Waals surface area contributed by atoms with E-state index >= 15 is 0 Å². The van der Waals surface area contributed by atoms with Crippen LogP contribution in [0.15, 0.2) is 12.2 Å². The highest BCUT2D eigenvalue weighted by atomic mass is 16.6. The van der Waals surface area contributed by atoms with Gasteiger partial charge >= 0.3 is 0 Å². The van der Waals surface area contributed by atoms with Crippen molar-refractivity contribution in [3.8, 4) is 0 Å². The molecule has 6 atom stereocenters. The van der Waals surface area contributed by atoms with Crippen LogP contribution in [0.3, 0.4) is 0 Å². The van der Waals surface area contributed by atoms with E-state index in [-0.39, 0.29) is 18.4 Å². The summed E-state index contributed by atoms with van der Waals surface area (Å²) in [6.07, 6.45) is 6.50. The van der Waals surface area contributed by atoms with Crippen molar-refractivity contribution in [2.75, 3.05) is 13.2 Å². The molecule has 1 aliphatic heterocycles. The number of allylic oxidation sites excluding steroid dienone is 1. The van der Waals surface area contributed by atoms with Gasteiger partial charge in [-0.1, -0.05) is 25.5 Å². The number of ether oxygens (including phenoxy) is 1. The average molecular weight is 296 g/mol. The Kier molecular flexibility index (Phi) is 3.34. The van der Waals surface area contributed by atoms with Crippen molar-refractivity contribution in [1.29, 1.82) is 0 Å². The Morgan fingerprint density at radius 3 is 2.76 bits per heavy atom. The summed E-state index contributed by atoms with van der Waals surface area (Å²) in [4.78, 5) is 12.8. The molecule has 3 N–H and O–H groups in total. The second kappa shape index (κ2) is 4.62. The van der Waals surface area contributed by atoms with Crippen molar-refractivity contribution < 1.29 is 24.9 Å². The number of carbonyl (C=O) groups excluding carboxylic acids is 1. The molecule has 21 heavy (non-hydrogen) atoms. The van der Waals surface area contributed by atoms with Gasteiger partial charge in [-0.05, 0) is 37.5 Å². The van der Waals surface area contributed by atoms with E-state index in [9.17, 15) is 20.1 Å². The molecule has 0 aromatic heterocycles. The van der Waals surface area contributed by atoms with Crippen molar-refractivity contribution in [2.45, 2.75) is 44.5 Å². The predicted molar refractivity (Wildman–Crippen MR) is 75.2 cm³/mol. The Morgan fingerprint density at radius 1 is 1.38 bits per heavy atom. The normalized spacial score (nSPS) is 53.2. The predicted octanol–water partition coefficient (Wildman–Crippen LogP) is 0.626. The number of hydrogen-bond donors (Lipinski definition) is 3. The lowest BCUT2D eigenvalue weighted by molar-refractivity contribution is -0.285. The van der Waals surface area contributed by atoms with Gasteiger partial charge in [-0.25, -0.2) is 0 Å². The minimum Gasteiger partial charge on any atom is -0.390 e. The fourth-order valence-electron chi connectivity index (χ4n) is 4.51. The maximum atomic E-state index is 12.8. The minimum atomic E-state index is -2.19. The van der Waals surface area contributed by atoms with Crippen molar-refractivity contribution >= 4 is 5.78 Å². The number of fused-ring (bicyclic) bond motifs is 3. The lowest BCUT2D eigenvalue weighted by Gasteiger charge is -2.58. The van der Waals surface area contributed by atoms with Crippen LogP contribution in [-0.4, -0.2) is 45.7 Å². The number of aliphatic hydroxyl groups is 3. The van der Waals surface area contributed by atoms with Crippen LogP contribution in [-0.2, 0) is 9.53 Å². The van der Waals surface area contributed by atoms with Gasteiger partial charge in [-0.3, -0.25) is 4.79 Å². The summed E-state index contributed by atoms with van der Waals surface area (Å²) < 4.78 is 5.12. The molecule has 0 aromatic carbocycles. The first-order chi connectivity index (χ1) is 9.77. The molecule has 118 valence electrons. The molecule has 1 saturated heterocycles. The Balaban J connectivity index is 2.06. The molecule has 6 unspecified atom stereocenters. The van der Waals surface area contributed by atoms with E-state index in [1.165, 1.54) is 0 Å². The van der Waals surface area contributed by atoms with Crippen LogP contribution in [0.25, 0.3) is 0 Å². The second-order valence-electron chi connectivity index (χ2n) is 7.23. The van der Waals surface area contributed by atoms with Gasteiger partial charge in [0.15, 0.2) is 0 Å². The zero-order valence-electron chi connectivity index (χ0n) is 12.6. The fraction of sp³-hybridized carbons (Fsp3) is 0.812. The highest BCUT2D eigenvalue weighted by Crippen LogP contribution is 2.57. The van der Waals surface area contributed by atoms with Gasteiger partial charge < -0.3 is 20.1 Å². The van der Waals surface area contributed by atoms with E-state index in [4.69, 9.17) is 4.74 Å². The van der Waals surface area contributed by atoms with Gasteiger partial charge in [0.25, 0.3) is 5.79 Å². The monoisotopic (exact) mass is 296 g/mol. The van der Waals surface area contributed by atoms with Gasteiger partial charge in [0.05, 0.1) is 12.0 Å². The van der Waals surface area contributed by atoms with Crippen LogP contribution in [0.1, 0.15) is 33.1 Å². The van der Waals surface area contributed by atoms with Crippen LogP contribution in [0.5, 0.6) is 0 Å². The van der Waals surface area contributed by atoms with E-state index in [1.807, 2.05) is 6.08 Å². The molecule has 5 nitrogen and oxygen atoms in total. The standard InChI is InChI=1S/C16H24O5/c1-10-3-4-12-11(7-10)5-6-15(19)9-21-16(20,8-17)13(18)14(12,15)2/h5-6,10-12,17,19-20H,3-4,7-9H2,1-2H3. The molecular formula is C16H24O5. The Hall–Kier alpha value is -0.750. The summed E-state index contributed by atoms with van der Waals surface area (Å²) in [6, 6.07) is 0. The molecule has 0 bridgehead atoms. The van der Waals surface area contributed by atoms with Crippen molar-refractivity contribution in [3.63, 3.8) is 0 Å². The Bertz CT molecular complexity index is 489. The molecule has 0 spiro atoms. The van der Waals surface area contributed by atoms with E-state index in [0.29, 0.717) is 5.92 Å². The Labute approximate surface area is 124 Å². The molecule has 3 rings (SSSR count).